The van der Waals surface area contributed by atoms with Crippen LogP contribution in [-0.4, -0.2) is 50.5 Å². The van der Waals surface area contributed by atoms with Crippen molar-refractivity contribution in [1.82, 2.24) is 10.2 Å². The largest absolute Gasteiger partial charge is 0.354 e. The molecule has 2 aromatic rings. The molecule has 0 heterocycles. The summed E-state index contributed by atoms with van der Waals surface area (Å²) in [6, 6.07) is 13.6. The number of rotatable bonds is 10. The molecular weight excluding hydrogens is 433 g/mol. The Bertz CT molecular complexity index is 1030. The van der Waals surface area contributed by atoms with Crippen LogP contribution in [-0.2, 0) is 26.2 Å². The summed E-state index contributed by atoms with van der Waals surface area (Å²) in [5, 5.41) is 2.80. The van der Waals surface area contributed by atoms with E-state index in [9.17, 15) is 22.4 Å². The Labute approximate surface area is 189 Å². The zero-order chi connectivity index (χ0) is 23.9. The Balaban J connectivity index is 2.35. The molecule has 9 heteroatoms. The van der Waals surface area contributed by atoms with Crippen LogP contribution in [0, 0.1) is 11.7 Å². The second-order valence-electron chi connectivity index (χ2n) is 8.04. The van der Waals surface area contributed by atoms with Crippen LogP contribution in [0.3, 0.4) is 0 Å². The van der Waals surface area contributed by atoms with E-state index in [0.29, 0.717) is 6.54 Å². The van der Waals surface area contributed by atoms with Crippen LogP contribution >= 0.6 is 0 Å². The van der Waals surface area contributed by atoms with Gasteiger partial charge < -0.3 is 10.2 Å². The molecule has 0 spiro atoms. The molecule has 2 aromatic carbocycles. The van der Waals surface area contributed by atoms with E-state index in [0.717, 1.165) is 22.2 Å². The fraction of sp³-hybridized carbons (Fsp3) is 0.391. The van der Waals surface area contributed by atoms with Crippen LogP contribution in [0.4, 0.5) is 10.1 Å². The highest BCUT2D eigenvalue weighted by Gasteiger charge is 2.30. The van der Waals surface area contributed by atoms with Crippen LogP contribution in [0.15, 0.2) is 54.6 Å². The Morgan fingerprint density at radius 2 is 1.59 bits per heavy atom. The van der Waals surface area contributed by atoms with E-state index in [4.69, 9.17) is 0 Å². The lowest BCUT2D eigenvalue weighted by Crippen LogP contribution is -2.51. The van der Waals surface area contributed by atoms with Gasteiger partial charge in [0.05, 0.1) is 11.9 Å². The second-order valence-corrected chi connectivity index (χ2v) is 9.95. The molecule has 0 fully saturated rings. The van der Waals surface area contributed by atoms with Crippen LogP contribution in [0.5, 0.6) is 0 Å². The van der Waals surface area contributed by atoms with Gasteiger partial charge in [0.25, 0.3) is 0 Å². The number of nitrogens with one attached hydrogen (secondary N) is 1. The first-order valence-corrected chi connectivity index (χ1v) is 12.2. The number of hydrogen-bond donors (Lipinski definition) is 1. The number of para-hydroxylation sites is 1. The van der Waals surface area contributed by atoms with Gasteiger partial charge in [-0.1, -0.05) is 56.3 Å². The minimum absolute atomic E-state index is 0.102. The fourth-order valence-electron chi connectivity index (χ4n) is 3.06. The number of benzene rings is 2. The van der Waals surface area contributed by atoms with Crippen molar-refractivity contribution in [2.24, 2.45) is 5.92 Å². The Kier molecular flexibility index (Phi) is 8.77. The number of amides is 2. The van der Waals surface area contributed by atoms with E-state index in [1.165, 1.54) is 23.1 Å². The summed E-state index contributed by atoms with van der Waals surface area (Å²) in [5.74, 6) is -1.50. The van der Waals surface area contributed by atoms with E-state index < -0.39 is 34.3 Å². The van der Waals surface area contributed by atoms with Crippen molar-refractivity contribution in [2.75, 3.05) is 23.7 Å². The highest BCUT2D eigenvalue weighted by molar-refractivity contribution is 7.92. The Morgan fingerprint density at radius 3 is 2.16 bits per heavy atom. The molecule has 7 nitrogen and oxygen atoms in total. The van der Waals surface area contributed by atoms with E-state index in [-0.39, 0.29) is 24.1 Å². The minimum Gasteiger partial charge on any atom is -0.354 e. The van der Waals surface area contributed by atoms with Crippen molar-refractivity contribution in [3.63, 3.8) is 0 Å². The third-order valence-corrected chi connectivity index (χ3v) is 5.97. The molecule has 2 rings (SSSR count). The normalized spacial score (nSPS) is 12.3. The van der Waals surface area contributed by atoms with Crippen molar-refractivity contribution < 1.29 is 22.4 Å². The number of nitrogens with zero attached hydrogens (tertiary/aromatic N) is 2. The first kappa shape index (κ1) is 25.3. The van der Waals surface area contributed by atoms with Gasteiger partial charge in [0, 0.05) is 13.1 Å². The van der Waals surface area contributed by atoms with E-state index in [2.05, 4.69) is 5.32 Å². The van der Waals surface area contributed by atoms with E-state index in [1.54, 1.807) is 6.92 Å². The van der Waals surface area contributed by atoms with Gasteiger partial charge in [-0.15, -0.1) is 0 Å². The second kappa shape index (κ2) is 11.1. The molecule has 32 heavy (non-hydrogen) atoms. The predicted octanol–water partition coefficient (Wildman–Crippen LogP) is 2.78. The smallest absolute Gasteiger partial charge is 0.244 e. The summed E-state index contributed by atoms with van der Waals surface area (Å²) < 4.78 is 39.8. The van der Waals surface area contributed by atoms with Gasteiger partial charge in [-0.25, -0.2) is 12.8 Å². The van der Waals surface area contributed by atoms with E-state index in [1.807, 2.05) is 44.2 Å². The molecule has 0 radical (unpaired) electrons. The maximum Gasteiger partial charge on any atom is 0.244 e. The van der Waals surface area contributed by atoms with Gasteiger partial charge in [-0.3, -0.25) is 13.9 Å². The molecule has 0 bridgehead atoms. The number of anilines is 1. The van der Waals surface area contributed by atoms with Gasteiger partial charge in [0.2, 0.25) is 21.8 Å². The van der Waals surface area contributed by atoms with Crippen LogP contribution in [0.1, 0.15) is 26.3 Å². The molecule has 0 aliphatic heterocycles. The maximum atomic E-state index is 14.3. The predicted molar refractivity (Wildman–Crippen MR) is 123 cm³/mol. The van der Waals surface area contributed by atoms with Gasteiger partial charge in [0.1, 0.15) is 18.4 Å². The number of hydrogen-bond acceptors (Lipinski definition) is 4. The topological polar surface area (TPSA) is 86.8 Å². The number of carbonyl (C=O) groups is 2. The van der Waals surface area contributed by atoms with Crippen LogP contribution < -0.4 is 9.62 Å². The molecule has 1 atom stereocenters. The fourth-order valence-corrected chi connectivity index (χ4v) is 3.91. The van der Waals surface area contributed by atoms with Crippen molar-refractivity contribution in [1.29, 1.82) is 0 Å². The number of sulfonamides is 1. The average Bonchev–Trinajstić information content (AvgIpc) is 2.74. The molecule has 0 aliphatic carbocycles. The average molecular weight is 464 g/mol. The Hall–Kier alpha value is -2.94. The number of halogens is 1. The number of carbonyl (C=O) groups excluding carboxylic acids is 2. The zero-order valence-electron chi connectivity index (χ0n) is 18.8. The summed E-state index contributed by atoms with van der Waals surface area (Å²) in [4.78, 5) is 27.3. The summed E-state index contributed by atoms with van der Waals surface area (Å²) in [6.07, 6.45) is 0.910. The highest BCUT2D eigenvalue weighted by atomic mass is 32.2. The van der Waals surface area contributed by atoms with Crippen molar-refractivity contribution in [3.8, 4) is 0 Å². The molecular formula is C23H30FN3O4S. The Morgan fingerprint density at radius 1 is 1.00 bits per heavy atom. The van der Waals surface area contributed by atoms with Crippen molar-refractivity contribution in [3.05, 3.63) is 66.0 Å². The lowest BCUT2D eigenvalue weighted by molar-refractivity contribution is -0.139. The van der Waals surface area contributed by atoms with Crippen molar-refractivity contribution in [2.45, 2.75) is 33.4 Å². The van der Waals surface area contributed by atoms with Crippen LogP contribution in [0.2, 0.25) is 0 Å². The third kappa shape index (κ3) is 7.05. The standard InChI is InChI=1S/C23H30FN3O4S/c1-17(2)14-25-23(29)18(3)26(15-19-10-6-5-7-11-19)22(28)16-27(32(4,30)31)21-13-9-8-12-20(21)24/h5-13,17-18H,14-16H2,1-4H3,(H,25,29). The summed E-state index contributed by atoms with van der Waals surface area (Å²) in [5.41, 5.74) is 0.557. The molecule has 2 amide bonds. The highest BCUT2D eigenvalue weighted by Crippen LogP contribution is 2.22. The lowest BCUT2D eigenvalue weighted by Gasteiger charge is -2.31. The van der Waals surface area contributed by atoms with E-state index >= 15 is 0 Å². The molecule has 0 saturated heterocycles. The summed E-state index contributed by atoms with van der Waals surface area (Å²) >= 11 is 0. The maximum absolute atomic E-state index is 14.3. The molecule has 1 unspecified atom stereocenters. The lowest BCUT2D eigenvalue weighted by atomic mass is 10.1. The minimum atomic E-state index is -3.96. The van der Waals surface area contributed by atoms with Crippen molar-refractivity contribution >= 4 is 27.5 Å². The monoisotopic (exact) mass is 463 g/mol. The molecule has 0 aromatic heterocycles. The first-order chi connectivity index (χ1) is 15.0. The van der Waals surface area contributed by atoms with Gasteiger partial charge in [-0.2, -0.15) is 0 Å². The third-order valence-electron chi connectivity index (χ3n) is 4.85. The van der Waals surface area contributed by atoms with Gasteiger partial charge >= 0.3 is 0 Å². The zero-order valence-corrected chi connectivity index (χ0v) is 19.6. The first-order valence-electron chi connectivity index (χ1n) is 10.3. The van der Waals surface area contributed by atoms with Crippen LogP contribution in [0.25, 0.3) is 0 Å². The molecule has 174 valence electrons. The SMILES string of the molecule is CC(C)CNC(=O)C(C)N(Cc1ccccc1)C(=O)CN(c1ccccc1F)S(C)(=O)=O. The molecule has 0 aliphatic rings. The molecule has 0 saturated carbocycles. The summed E-state index contributed by atoms with van der Waals surface area (Å²) in [6.45, 7) is 5.41. The van der Waals surface area contributed by atoms with Gasteiger partial charge in [0.15, 0.2) is 0 Å². The quantitative estimate of drug-likeness (QED) is 0.587. The van der Waals surface area contributed by atoms with Gasteiger partial charge in [-0.05, 0) is 30.5 Å². The molecule has 1 N–H and O–H groups in total. The summed E-state index contributed by atoms with van der Waals surface area (Å²) in [7, 11) is -3.96.